The van der Waals surface area contributed by atoms with Gasteiger partial charge in [0.25, 0.3) is 0 Å². The lowest BCUT2D eigenvalue weighted by atomic mass is 9.44. The number of ketones is 1. The normalized spacial score (nSPS) is 44.9. The Balaban J connectivity index is 1.46. The smallest absolute Gasteiger partial charge is 0.375 e. The summed E-state index contributed by atoms with van der Waals surface area (Å²) in [6.45, 7) is 5.07. The SMILES string of the molecule is C[C@@H]1C[C@H]2[C@@H]3C[C@H](F)C4=CC(=O)C=C[C@]4(C)[C@@]3(F)[C@@H](O)C[C@]2(C)[C@@]1(OC(=O)c1ccco1)C(=O)SC1CCOC1=O. The molecule has 0 amide bonds. The van der Waals surface area contributed by atoms with Gasteiger partial charge in [-0.2, -0.15) is 0 Å². The zero-order valence-corrected chi connectivity index (χ0v) is 23.7. The van der Waals surface area contributed by atoms with Gasteiger partial charge in [0.1, 0.15) is 11.4 Å². The van der Waals surface area contributed by atoms with E-state index in [-0.39, 0.29) is 37.2 Å². The number of carbonyl (C=O) groups excluding carboxylic acids is 4. The molecule has 2 heterocycles. The summed E-state index contributed by atoms with van der Waals surface area (Å²) in [5.41, 5.74) is -7.16. The Morgan fingerprint density at radius 2 is 1.95 bits per heavy atom. The number of hydrogen-bond donors (Lipinski definition) is 1. The summed E-state index contributed by atoms with van der Waals surface area (Å²) in [6, 6.07) is 2.89. The van der Waals surface area contributed by atoms with Crippen molar-refractivity contribution in [1.29, 1.82) is 0 Å². The number of allylic oxidation sites excluding steroid dienone is 4. The Hall–Kier alpha value is -2.79. The van der Waals surface area contributed by atoms with Crippen molar-refractivity contribution in [3.63, 3.8) is 0 Å². The molecule has 1 saturated heterocycles. The minimum atomic E-state index is -2.35. The van der Waals surface area contributed by atoms with E-state index in [1.165, 1.54) is 37.5 Å². The van der Waals surface area contributed by atoms with E-state index in [1.54, 1.807) is 13.8 Å². The summed E-state index contributed by atoms with van der Waals surface area (Å²) in [5, 5.41) is 10.3. The lowest BCUT2D eigenvalue weighted by Crippen LogP contribution is -2.70. The van der Waals surface area contributed by atoms with Crippen molar-refractivity contribution in [2.24, 2.45) is 28.6 Å². The van der Waals surface area contributed by atoms with Crippen LogP contribution in [0.25, 0.3) is 0 Å². The number of aliphatic hydroxyl groups is 1. The molecule has 10 atom stereocenters. The molecule has 4 fully saturated rings. The second kappa shape index (κ2) is 9.36. The van der Waals surface area contributed by atoms with Gasteiger partial charge in [-0.05, 0) is 62.0 Å². The number of halogens is 2. The number of rotatable bonds is 4. The van der Waals surface area contributed by atoms with Crippen molar-refractivity contribution in [2.45, 2.75) is 75.2 Å². The first-order chi connectivity index (χ1) is 19.3. The lowest BCUT2D eigenvalue weighted by Gasteiger charge is -2.63. The van der Waals surface area contributed by atoms with Crippen LogP contribution in [-0.4, -0.2) is 63.3 Å². The van der Waals surface area contributed by atoms with Crippen LogP contribution in [0.1, 0.15) is 57.0 Å². The number of aliphatic hydroxyl groups excluding tert-OH is 1. The summed E-state index contributed by atoms with van der Waals surface area (Å²) >= 11 is 0.728. The van der Waals surface area contributed by atoms with Crippen molar-refractivity contribution in [2.75, 3.05) is 6.61 Å². The molecule has 8 nitrogen and oxygen atoms in total. The molecular formula is C30H32F2O8S. The number of alkyl halides is 2. The van der Waals surface area contributed by atoms with Gasteiger partial charge in [0.15, 0.2) is 17.1 Å². The highest BCUT2D eigenvalue weighted by molar-refractivity contribution is 8.14. The minimum Gasteiger partial charge on any atom is -0.465 e. The van der Waals surface area contributed by atoms with Crippen LogP contribution in [0.5, 0.6) is 0 Å². The molecule has 1 aromatic heterocycles. The largest absolute Gasteiger partial charge is 0.465 e. The van der Waals surface area contributed by atoms with Crippen molar-refractivity contribution >= 4 is 34.6 Å². The van der Waals surface area contributed by atoms with Crippen LogP contribution >= 0.6 is 11.8 Å². The topological polar surface area (TPSA) is 120 Å². The second-order valence-electron chi connectivity index (χ2n) is 12.4. The fourth-order valence-corrected chi connectivity index (χ4v) is 9.90. The van der Waals surface area contributed by atoms with Crippen LogP contribution in [0.2, 0.25) is 0 Å². The Labute approximate surface area is 239 Å². The second-order valence-corrected chi connectivity index (χ2v) is 13.6. The third-order valence-corrected chi connectivity index (χ3v) is 11.8. The molecule has 1 aliphatic heterocycles. The standard InChI is InChI=1S/C30H32F2O8S/c1-15-11-17-18-13-20(31)19-12-16(33)6-8-27(19,2)29(18,32)23(34)14-28(17,3)30(15,40-24(35)21-5-4-9-38-21)26(37)41-22-7-10-39-25(22)36/h4-6,8-9,12,15,17-18,20,22-23,34H,7,10-11,13-14H2,1-3H3/t15-,17+,18+,20+,22?,23+,27+,28+,29+,30+/m1/s1. The van der Waals surface area contributed by atoms with Gasteiger partial charge in [0.2, 0.25) is 10.9 Å². The van der Waals surface area contributed by atoms with Crippen molar-refractivity contribution in [1.82, 2.24) is 0 Å². The molecule has 1 aromatic rings. The van der Waals surface area contributed by atoms with E-state index in [9.17, 15) is 24.3 Å². The summed E-state index contributed by atoms with van der Waals surface area (Å²) in [6.07, 6.45) is 1.56. The number of hydrogen-bond acceptors (Lipinski definition) is 9. The van der Waals surface area contributed by atoms with Gasteiger partial charge in [-0.1, -0.05) is 31.7 Å². The van der Waals surface area contributed by atoms with Crippen molar-refractivity contribution in [3.8, 4) is 0 Å². The van der Waals surface area contributed by atoms with E-state index in [1.807, 2.05) is 0 Å². The Kier molecular flexibility index (Phi) is 6.47. The molecule has 5 aliphatic rings. The van der Waals surface area contributed by atoms with E-state index in [0.29, 0.717) is 6.42 Å². The third-order valence-electron chi connectivity index (χ3n) is 10.6. The predicted molar refractivity (Wildman–Crippen MR) is 142 cm³/mol. The molecule has 11 heteroatoms. The summed E-state index contributed by atoms with van der Waals surface area (Å²) in [4.78, 5) is 52.1. The Morgan fingerprint density at radius 1 is 1.20 bits per heavy atom. The summed E-state index contributed by atoms with van der Waals surface area (Å²) in [7, 11) is 0. The van der Waals surface area contributed by atoms with Gasteiger partial charge < -0.3 is 19.0 Å². The molecular weight excluding hydrogens is 558 g/mol. The number of cyclic esters (lactones) is 1. The molecule has 6 rings (SSSR count). The molecule has 41 heavy (non-hydrogen) atoms. The Morgan fingerprint density at radius 3 is 2.61 bits per heavy atom. The van der Waals surface area contributed by atoms with Crippen molar-refractivity contribution in [3.05, 3.63) is 48.0 Å². The van der Waals surface area contributed by atoms with Gasteiger partial charge in [-0.3, -0.25) is 14.4 Å². The molecule has 0 bridgehead atoms. The lowest BCUT2D eigenvalue weighted by molar-refractivity contribution is -0.221. The molecule has 0 spiro atoms. The van der Waals surface area contributed by atoms with Gasteiger partial charge in [-0.25, -0.2) is 13.6 Å². The van der Waals surface area contributed by atoms with E-state index in [0.717, 1.165) is 17.8 Å². The number of furan rings is 1. The number of carbonyl (C=O) groups is 4. The highest BCUT2D eigenvalue weighted by Crippen LogP contribution is 2.72. The van der Waals surface area contributed by atoms with E-state index < -0.39 is 80.2 Å². The average Bonchev–Trinajstić information content (AvgIpc) is 3.64. The molecule has 3 saturated carbocycles. The van der Waals surface area contributed by atoms with Crippen LogP contribution in [0.15, 0.2) is 46.6 Å². The molecule has 220 valence electrons. The predicted octanol–water partition coefficient (Wildman–Crippen LogP) is 4.32. The first kappa shape index (κ1) is 28.3. The van der Waals surface area contributed by atoms with Gasteiger partial charge in [-0.15, -0.1) is 0 Å². The van der Waals surface area contributed by atoms with Crippen molar-refractivity contribution < 1.29 is 47.0 Å². The van der Waals surface area contributed by atoms with E-state index >= 15 is 8.78 Å². The average molecular weight is 591 g/mol. The number of thioether (sulfide) groups is 1. The molecule has 1 unspecified atom stereocenters. The summed E-state index contributed by atoms with van der Waals surface area (Å²) < 4.78 is 49.8. The molecule has 4 aliphatic carbocycles. The quantitative estimate of drug-likeness (QED) is 0.512. The highest BCUT2D eigenvalue weighted by Gasteiger charge is 2.78. The maximum absolute atomic E-state index is 17.6. The number of ether oxygens (including phenoxy) is 2. The van der Waals surface area contributed by atoms with Crippen LogP contribution in [-0.2, 0) is 23.9 Å². The minimum absolute atomic E-state index is 0.000614. The van der Waals surface area contributed by atoms with Crippen LogP contribution in [0, 0.1) is 28.6 Å². The van der Waals surface area contributed by atoms with Gasteiger partial charge in [0.05, 0.1) is 19.0 Å². The maximum atomic E-state index is 17.6. The fraction of sp³-hybridized carbons (Fsp3) is 0.600. The number of esters is 2. The third kappa shape index (κ3) is 3.66. The Bertz CT molecular complexity index is 1370. The zero-order valence-electron chi connectivity index (χ0n) is 22.9. The number of fused-ring (bicyclic) bond motifs is 5. The van der Waals surface area contributed by atoms with Crippen LogP contribution in [0.4, 0.5) is 8.78 Å². The monoisotopic (exact) mass is 590 g/mol. The molecule has 0 radical (unpaired) electrons. The van der Waals surface area contributed by atoms with E-state index in [4.69, 9.17) is 13.9 Å². The summed E-state index contributed by atoms with van der Waals surface area (Å²) in [5.74, 6) is -4.45. The maximum Gasteiger partial charge on any atom is 0.375 e. The highest BCUT2D eigenvalue weighted by atomic mass is 32.2. The fourth-order valence-electron chi connectivity index (χ4n) is 8.61. The van der Waals surface area contributed by atoms with Crippen LogP contribution in [0.3, 0.4) is 0 Å². The molecule has 0 aromatic carbocycles. The van der Waals surface area contributed by atoms with E-state index in [2.05, 4.69) is 0 Å². The van der Waals surface area contributed by atoms with Gasteiger partial charge in [0, 0.05) is 29.1 Å². The molecule has 1 N–H and O–H groups in total. The van der Waals surface area contributed by atoms with Gasteiger partial charge >= 0.3 is 11.9 Å². The first-order valence-corrected chi connectivity index (χ1v) is 14.8. The van der Waals surface area contributed by atoms with Crippen LogP contribution < -0.4 is 0 Å². The zero-order chi connectivity index (χ0) is 29.5. The first-order valence-electron chi connectivity index (χ1n) is 13.9.